The summed E-state index contributed by atoms with van der Waals surface area (Å²) in [5.41, 5.74) is 3.92. The summed E-state index contributed by atoms with van der Waals surface area (Å²) < 4.78 is 44.0. The Labute approximate surface area is 178 Å². The van der Waals surface area contributed by atoms with Gasteiger partial charge in [0.15, 0.2) is 0 Å². The van der Waals surface area contributed by atoms with E-state index in [9.17, 15) is 18.0 Å². The van der Waals surface area contributed by atoms with Crippen LogP contribution in [0.15, 0.2) is 59.6 Å². The molecule has 2 aliphatic carbocycles. The topological polar surface area (TPSA) is 26.3 Å². The lowest BCUT2D eigenvalue weighted by molar-refractivity contribution is -0.151. The average molecular weight is 435 g/mol. The molecule has 0 aromatic heterocycles. The number of fused-ring (bicyclic) bond motifs is 1. The Hall–Kier alpha value is -2.27. The quantitative estimate of drug-likeness (QED) is 0.526. The van der Waals surface area contributed by atoms with Crippen molar-refractivity contribution in [3.05, 3.63) is 70.8 Å². The Balaban J connectivity index is 1.47. The van der Waals surface area contributed by atoms with E-state index in [-0.39, 0.29) is 6.10 Å². The number of hydrogen-bond acceptors (Lipinski definition) is 2. The molecule has 0 saturated heterocycles. The minimum absolute atomic E-state index is 0.309. The van der Waals surface area contributed by atoms with Gasteiger partial charge < -0.3 is 4.74 Å². The van der Waals surface area contributed by atoms with Crippen molar-refractivity contribution in [2.45, 2.75) is 39.0 Å². The predicted molar refractivity (Wildman–Crippen MR) is 110 cm³/mol. The fourth-order valence-electron chi connectivity index (χ4n) is 4.51. The van der Waals surface area contributed by atoms with Gasteiger partial charge in [0.2, 0.25) is 0 Å². The Morgan fingerprint density at radius 1 is 1.10 bits per heavy atom. The molecular formula is C24H22ClF3O2. The van der Waals surface area contributed by atoms with Crippen LogP contribution in [0.5, 0.6) is 0 Å². The third-order valence-corrected chi connectivity index (χ3v) is 6.62. The van der Waals surface area contributed by atoms with E-state index < -0.39 is 34.4 Å². The first kappa shape index (κ1) is 21.0. The second kappa shape index (κ2) is 7.45. The molecule has 30 heavy (non-hydrogen) atoms. The molecule has 6 heteroatoms. The van der Waals surface area contributed by atoms with E-state index in [0.29, 0.717) is 12.8 Å². The molecule has 0 radical (unpaired) electrons. The third-order valence-electron chi connectivity index (χ3n) is 6.28. The van der Waals surface area contributed by atoms with Crippen molar-refractivity contribution in [3.63, 3.8) is 0 Å². The molecule has 1 saturated carbocycles. The molecule has 0 amide bonds. The Morgan fingerprint density at radius 2 is 1.80 bits per heavy atom. The van der Waals surface area contributed by atoms with Gasteiger partial charge in [-0.2, -0.15) is 13.2 Å². The summed E-state index contributed by atoms with van der Waals surface area (Å²) in [7, 11) is 0. The van der Waals surface area contributed by atoms with Gasteiger partial charge in [-0.1, -0.05) is 80.1 Å². The molecule has 2 nitrogen and oxygen atoms in total. The highest BCUT2D eigenvalue weighted by Crippen LogP contribution is 2.60. The standard InChI is InChI=1S/C24H22ClF3O2/c1-23(2)19(13-20(25)24(26,27)28)21(23)22(29)30-16-11-15-9-6-10-17(18(15)12-16)14-7-4-3-5-8-14/h3-10,13,16,19,21H,11-12H2,1-2H3/t16-,19+,21+/m0/s1. The van der Waals surface area contributed by atoms with Gasteiger partial charge in [0.25, 0.3) is 0 Å². The molecule has 3 atom stereocenters. The Bertz CT molecular complexity index is 995. The van der Waals surface area contributed by atoms with E-state index in [1.165, 1.54) is 0 Å². The van der Waals surface area contributed by atoms with E-state index in [1.54, 1.807) is 13.8 Å². The molecule has 0 N–H and O–H groups in total. The molecule has 0 bridgehead atoms. The highest BCUT2D eigenvalue weighted by atomic mass is 35.5. The number of halogens is 4. The maximum Gasteiger partial charge on any atom is 0.426 e. The van der Waals surface area contributed by atoms with Gasteiger partial charge in [-0.05, 0) is 33.6 Å². The summed E-state index contributed by atoms with van der Waals surface area (Å²) >= 11 is 5.38. The van der Waals surface area contributed by atoms with Gasteiger partial charge in [-0.3, -0.25) is 4.79 Å². The van der Waals surface area contributed by atoms with Crippen LogP contribution in [0.25, 0.3) is 11.1 Å². The number of carbonyl (C=O) groups is 1. The molecule has 1 fully saturated rings. The number of rotatable bonds is 4. The van der Waals surface area contributed by atoms with Crippen LogP contribution >= 0.6 is 11.6 Å². The van der Waals surface area contributed by atoms with Gasteiger partial charge in [-0.15, -0.1) is 0 Å². The first-order valence-electron chi connectivity index (χ1n) is 9.90. The first-order valence-corrected chi connectivity index (χ1v) is 10.3. The molecule has 2 aromatic rings. The summed E-state index contributed by atoms with van der Waals surface area (Å²) in [6.07, 6.45) is -2.75. The van der Waals surface area contributed by atoms with Crippen LogP contribution in [0, 0.1) is 17.3 Å². The Morgan fingerprint density at radius 3 is 2.47 bits per heavy atom. The summed E-state index contributed by atoms with van der Waals surface area (Å²) in [5.74, 6) is -1.65. The number of esters is 1. The molecule has 2 aliphatic rings. The normalized spacial score (nSPS) is 25.0. The third kappa shape index (κ3) is 3.87. The summed E-state index contributed by atoms with van der Waals surface area (Å²) in [5, 5.41) is -1.18. The number of allylic oxidation sites excluding steroid dienone is 2. The second-order valence-electron chi connectivity index (χ2n) is 8.61. The van der Waals surface area contributed by atoms with E-state index in [2.05, 4.69) is 6.07 Å². The van der Waals surface area contributed by atoms with Crippen molar-refractivity contribution < 1.29 is 22.7 Å². The van der Waals surface area contributed by atoms with Crippen LogP contribution in [0.4, 0.5) is 13.2 Å². The van der Waals surface area contributed by atoms with Crippen LogP contribution < -0.4 is 0 Å². The van der Waals surface area contributed by atoms with E-state index >= 15 is 0 Å². The number of benzene rings is 2. The zero-order valence-corrected chi connectivity index (χ0v) is 17.4. The predicted octanol–water partition coefficient (Wildman–Crippen LogP) is 6.32. The van der Waals surface area contributed by atoms with Crippen molar-refractivity contribution in [2.75, 3.05) is 0 Å². The molecule has 0 spiro atoms. The van der Waals surface area contributed by atoms with E-state index in [4.69, 9.17) is 16.3 Å². The van der Waals surface area contributed by atoms with Crippen molar-refractivity contribution in [2.24, 2.45) is 17.3 Å². The Kier molecular flexibility index (Phi) is 5.21. The maximum absolute atomic E-state index is 12.8. The second-order valence-corrected chi connectivity index (χ2v) is 9.02. The SMILES string of the molecule is CC1(C)[C@H](C=C(Cl)C(F)(F)F)[C@@H]1C(=O)O[C@H]1Cc2cccc(-c3ccccc3)c2C1. The van der Waals surface area contributed by atoms with Crippen LogP contribution in [0.2, 0.25) is 0 Å². The fourth-order valence-corrected chi connectivity index (χ4v) is 4.65. The minimum atomic E-state index is -4.60. The summed E-state index contributed by atoms with van der Waals surface area (Å²) in [6, 6.07) is 16.1. The van der Waals surface area contributed by atoms with Gasteiger partial charge in [-0.25, -0.2) is 0 Å². The molecule has 158 valence electrons. The molecular weight excluding hydrogens is 413 g/mol. The van der Waals surface area contributed by atoms with E-state index in [0.717, 1.165) is 28.3 Å². The average Bonchev–Trinajstić information content (AvgIpc) is 3.01. The minimum Gasteiger partial charge on any atom is -0.461 e. The van der Waals surface area contributed by atoms with Gasteiger partial charge in [0.1, 0.15) is 11.1 Å². The van der Waals surface area contributed by atoms with Crippen molar-refractivity contribution in [1.29, 1.82) is 0 Å². The maximum atomic E-state index is 12.8. The largest absolute Gasteiger partial charge is 0.461 e. The van der Waals surface area contributed by atoms with Crippen LogP contribution in [-0.4, -0.2) is 18.2 Å². The van der Waals surface area contributed by atoms with E-state index in [1.807, 2.05) is 42.5 Å². The van der Waals surface area contributed by atoms with Crippen molar-refractivity contribution in [1.82, 2.24) is 0 Å². The number of hydrogen-bond donors (Lipinski definition) is 0. The van der Waals surface area contributed by atoms with Crippen LogP contribution in [0.1, 0.15) is 25.0 Å². The van der Waals surface area contributed by atoms with Crippen molar-refractivity contribution >= 4 is 17.6 Å². The van der Waals surface area contributed by atoms with Gasteiger partial charge in [0.05, 0.1) is 5.92 Å². The summed E-state index contributed by atoms with van der Waals surface area (Å²) in [6.45, 7) is 3.52. The lowest BCUT2D eigenvalue weighted by Gasteiger charge is -2.12. The fraction of sp³-hybridized carbons (Fsp3) is 0.375. The monoisotopic (exact) mass is 434 g/mol. The lowest BCUT2D eigenvalue weighted by Crippen LogP contribution is -2.21. The highest BCUT2D eigenvalue weighted by Gasteiger charge is 2.62. The van der Waals surface area contributed by atoms with Crippen LogP contribution in [-0.2, 0) is 22.4 Å². The summed E-state index contributed by atoms with van der Waals surface area (Å²) in [4.78, 5) is 12.7. The zero-order valence-electron chi connectivity index (χ0n) is 16.7. The highest BCUT2D eigenvalue weighted by molar-refractivity contribution is 6.30. The molecule has 0 heterocycles. The molecule has 2 aromatic carbocycles. The zero-order chi connectivity index (χ0) is 21.7. The van der Waals surface area contributed by atoms with Crippen LogP contribution in [0.3, 0.4) is 0 Å². The lowest BCUT2D eigenvalue weighted by atomic mass is 9.97. The smallest absolute Gasteiger partial charge is 0.426 e. The molecule has 4 rings (SSSR count). The number of carbonyl (C=O) groups excluding carboxylic acids is 1. The first-order chi connectivity index (χ1) is 14.1. The molecule has 0 unspecified atom stereocenters. The van der Waals surface area contributed by atoms with Gasteiger partial charge >= 0.3 is 12.1 Å². The number of alkyl halides is 3. The number of ether oxygens (including phenoxy) is 1. The van der Waals surface area contributed by atoms with Crippen molar-refractivity contribution in [3.8, 4) is 11.1 Å². The molecule has 0 aliphatic heterocycles. The van der Waals surface area contributed by atoms with Gasteiger partial charge in [0, 0.05) is 12.8 Å².